The number of nitrogens with two attached hydrogens (primary N) is 1. The van der Waals surface area contributed by atoms with E-state index in [0.717, 1.165) is 17.7 Å². The molecule has 0 aromatic heterocycles. The van der Waals surface area contributed by atoms with E-state index in [-0.39, 0.29) is 0 Å². The Morgan fingerprint density at radius 3 is 2.73 bits per heavy atom. The highest BCUT2D eigenvalue weighted by atomic mass is 14.6. The van der Waals surface area contributed by atoms with Crippen molar-refractivity contribution in [3.63, 3.8) is 0 Å². The normalized spacial score (nSPS) is 12.3. The average molecular weight is 201 g/mol. The smallest absolute Gasteiger partial charge is 0.0390 e. The topological polar surface area (TPSA) is 26.0 Å². The minimum Gasteiger partial charge on any atom is -0.398 e. The maximum absolute atomic E-state index is 5.99. The number of hydrogen-bond acceptors (Lipinski definition) is 1. The minimum atomic E-state index is 0.834. The molecule has 0 saturated carbocycles. The third kappa shape index (κ3) is 3.62. The van der Waals surface area contributed by atoms with E-state index in [9.17, 15) is 0 Å². The second-order valence-electron chi connectivity index (χ2n) is 3.65. The average Bonchev–Trinajstić information content (AvgIpc) is 2.25. The van der Waals surface area contributed by atoms with Crippen molar-refractivity contribution < 1.29 is 0 Å². The molecule has 0 saturated heterocycles. The first-order chi connectivity index (χ1) is 7.25. The van der Waals surface area contributed by atoms with Crippen LogP contribution in [-0.4, -0.2) is 0 Å². The fraction of sp³-hybridized carbons (Fsp3) is 0.286. The van der Waals surface area contributed by atoms with E-state index in [1.165, 1.54) is 12.0 Å². The van der Waals surface area contributed by atoms with Gasteiger partial charge in [-0.2, -0.15) is 0 Å². The lowest BCUT2D eigenvalue weighted by Gasteiger charge is -2.04. The van der Waals surface area contributed by atoms with Crippen LogP contribution in [0.25, 0.3) is 5.70 Å². The second-order valence-corrected chi connectivity index (χ2v) is 3.65. The van der Waals surface area contributed by atoms with Crippen LogP contribution in [0.4, 0.5) is 0 Å². The summed E-state index contributed by atoms with van der Waals surface area (Å²) in [5.41, 5.74) is 9.16. The van der Waals surface area contributed by atoms with Crippen LogP contribution in [0, 0.1) is 6.92 Å². The van der Waals surface area contributed by atoms with Crippen molar-refractivity contribution in [2.24, 2.45) is 5.73 Å². The van der Waals surface area contributed by atoms with E-state index in [2.05, 4.69) is 32.1 Å². The number of benzene rings is 1. The zero-order chi connectivity index (χ0) is 11.1. The summed E-state index contributed by atoms with van der Waals surface area (Å²) in [6, 6.07) is 8.17. The van der Waals surface area contributed by atoms with E-state index in [4.69, 9.17) is 5.73 Å². The quantitative estimate of drug-likeness (QED) is 0.739. The SMILES string of the molecule is CCC/C=C\C=C(/N)c1ccccc1C. The van der Waals surface area contributed by atoms with Gasteiger partial charge in [-0.3, -0.25) is 0 Å². The molecule has 0 aliphatic heterocycles. The summed E-state index contributed by atoms with van der Waals surface area (Å²) in [6.45, 7) is 4.24. The molecular formula is C14H19N. The van der Waals surface area contributed by atoms with Crippen molar-refractivity contribution in [2.75, 3.05) is 0 Å². The standard InChI is InChI=1S/C14H19N/c1-3-4-5-6-11-14(15)13-10-8-7-9-12(13)2/h5-11H,3-4,15H2,1-2H3/b6-5-,14-11-. The van der Waals surface area contributed by atoms with Crippen LogP contribution >= 0.6 is 0 Å². The minimum absolute atomic E-state index is 0.834. The lowest BCUT2D eigenvalue weighted by Crippen LogP contribution is -1.97. The Morgan fingerprint density at radius 2 is 2.07 bits per heavy atom. The van der Waals surface area contributed by atoms with Crippen LogP contribution in [0.5, 0.6) is 0 Å². The molecule has 0 radical (unpaired) electrons. The number of hydrogen-bond donors (Lipinski definition) is 1. The largest absolute Gasteiger partial charge is 0.398 e. The molecule has 0 atom stereocenters. The highest BCUT2D eigenvalue weighted by molar-refractivity contribution is 5.66. The molecule has 0 amide bonds. The van der Waals surface area contributed by atoms with Gasteiger partial charge in [-0.15, -0.1) is 0 Å². The molecular weight excluding hydrogens is 182 g/mol. The monoisotopic (exact) mass is 201 g/mol. The third-order valence-corrected chi connectivity index (χ3v) is 2.32. The van der Waals surface area contributed by atoms with Gasteiger partial charge in [0, 0.05) is 11.3 Å². The van der Waals surface area contributed by atoms with Crippen LogP contribution in [-0.2, 0) is 0 Å². The van der Waals surface area contributed by atoms with Crippen LogP contribution < -0.4 is 5.73 Å². The summed E-state index contributed by atoms with van der Waals surface area (Å²) in [7, 11) is 0. The van der Waals surface area contributed by atoms with Crippen molar-refractivity contribution in [3.05, 3.63) is 53.6 Å². The van der Waals surface area contributed by atoms with Gasteiger partial charge in [0.25, 0.3) is 0 Å². The fourth-order valence-electron chi connectivity index (χ4n) is 1.42. The summed E-state index contributed by atoms with van der Waals surface area (Å²) >= 11 is 0. The van der Waals surface area contributed by atoms with Gasteiger partial charge in [0.2, 0.25) is 0 Å². The Bertz CT molecular complexity index is 361. The van der Waals surface area contributed by atoms with Gasteiger partial charge in [0.05, 0.1) is 0 Å². The maximum atomic E-state index is 5.99. The van der Waals surface area contributed by atoms with Crippen LogP contribution in [0.15, 0.2) is 42.5 Å². The molecule has 0 aliphatic rings. The Labute approximate surface area is 92.3 Å². The molecule has 2 N–H and O–H groups in total. The number of allylic oxidation sites excluding steroid dienone is 3. The van der Waals surface area contributed by atoms with Crippen molar-refractivity contribution in [1.82, 2.24) is 0 Å². The van der Waals surface area contributed by atoms with Gasteiger partial charge in [-0.1, -0.05) is 49.8 Å². The van der Waals surface area contributed by atoms with E-state index in [0.29, 0.717) is 0 Å². The van der Waals surface area contributed by atoms with Gasteiger partial charge in [0.15, 0.2) is 0 Å². The number of unbranched alkanes of at least 4 members (excludes halogenated alkanes) is 1. The van der Waals surface area contributed by atoms with E-state index < -0.39 is 0 Å². The van der Waals surface area contributed by atoms with Gasteiger partial charge in [-0.05, 0) is 25.0 Å². The molecule has 0 aliphatic carbocycles. The van der Waals surface area contributed by atoms with Crippen molar-refractivity contribution >= 4 is 5.70 Å². The van der Waals surface area contributed by atoms with Crippen molar-refractivity contribution in [2.45, 2.75) is 26.7 Å². The van der Waals surface area contributed by atoms with Gasteiger partial charge >= 0.3 is 0 Å². The third-order valence-electron chi connectivity index (χ3n) is 2.32. The number of aryl methyl sites for hydroxylation is 1. The molecule has 0 heterocycles. The summed E-state index contributed by atoms with van der Waals surface area (Å²) in [6.07, 6.45) is 8.43. The summed E-state index contributed by atoms with van der Waals surface area (Å²) in [5, 5.41) is 0. The first-order valence-corrected chi connectivity index (χ1v) is 5.44. The van der Waals surface area contributed by atoms with Crippen molar-refractivity contribution in [1.29, 1.82) is 0 Å². The van der Waals surface area contributed by atoms with Crippen molar-refractivity contribution in [3.8, 4) is 0 Å². The first kappa shape index (κ1) is 11.6. The predicted molar refractivity (Wildman–Crippen MR) is 67.4 cm³/mol. The first-order valence-electron chi connectivity index (χ1n) is 5.44. The molecule has 1 heteroatoms. The number of rotatable bonds is 4. The Balaban J connectivity index is 2.76. The molecule has 15 heavy (non-hydrogen) atoms. The molecule has 80 valence electrons. The molecule has 1 aromatic rings. The Kier molecular flexibility index (Phi) is 4.69. The molecule has 1 rings (SSSR count). The maximum Gasteiger partial charge on any atom is 0.0390 e. The highest BCUT2D eigenvalue weighted by Crippen LogP contribution is 2.13. The van der Waals surface area contributed by atoms with E-state index >= 15 is 0 Å². The van der Waals surface area contributed by atoms with Crippen LogP contribution in [0.2, 0.25) is 0 Å². The molecule has 0 bridgehead atoms. The van der Waals surface area contributed by atoms with E-state index in [1.54, 1.807) is 0 Å². The lowest BCUT2D eigenvalue weighted by atomic mass is 10.1. The molecule has 0 unspecified atom stereocenters. The van der Waals surface area contributed by atoms with Gasteiger partial charge in [-0.25, -0.2) is 0 Å². The molecule has 0 spiro atoms. The van der Waals surface area contributed by atoms with E-state index in [1.807, 2.05) is 24.3 Å². The highest BCUT2D eigenvalue weighted by Gasteiger charge is 1.97. The molecule has 1 nitrogen and oxygen atoms in total. The molecule has 1 aromatic carbocycles. The predicted octanol–water partition coefficient (Wildman–Crippen LogP) is 3.65. The van der Waals surface area contributed by atoms with Crippen LogP contribution in [0.1, 0.15) is 30.9 Å². The Hall–Kier alpha value is -1.50. The van der Waals surface area contributed by atoms with Crippen LogP contribution in [0.3, 0.4) is 0 Å². The summed E-state index contributed by atoms with van der Waals surface area (Å²) in [5.74, 6) is 0. The zero-order valence-electron chi connectivity index (χ0n) is 9.53. The Morgan fingerprint density at radius 1 is 1.33 bits per heavy atom. The lowest BCUT2D eigenvalue weighted by molar-refractivity contribution is 0.959. The fourth-order valence-corrected chi connectivity index (χ4v) is 1.42. The summed E-state index contributed by atoms with van der Waals surface area (Å²) < 4.78 is 0. The summed E-state index contributed by atoms with van der Waals surface area (Å²) in [4.78, 5) is 0. The second kappa shape index (κ2) is 6.07. The van der Waals surface area contributed by atoms with Gasteiger partial charge in [0.1, 0.15) is 0 Å². The molecule has 0 fully saturated rings. The zero-order valence-corrected chi connectivity index (χ0v) is 9.53. The van der Waals surface area contributed by atoms with Gasteiger partial charge < -0.3 is 5.73 Å².